The van der Waals surface area contributed by atoms with E-state index >= 15 is 0 Å². The molecule has 30 heavy (non-hydrogen) atoms. The topological polar surface area (TPSA) is 120 Å². The number of nitrogens with zero attached hydrogens (tertiary/aromatic N) is 4. The lowest BCUT2D eigenvalue weighted by atomic mass is 9.74. The Morgan fingerprint density at radius 1 is 1.20 bits per heavy atom. The van der Waals surface area contributed by atoms with Gasteiger partial charge in [0, 0.05) is 30.2 Å². The van der Waals surface area contributed by atoms with Gasteiger partial charge in [0.05, 0.1) is 10.7 Å². The van der Waals surface area contributed by atoms with Crippen LogP contribution in [-0.2, 0) is 0 Å². The lowest BCUT2D eigenvalue weighted by Gasteiger charge is -2.42. The molecule has 1 saturated heterocycles. The Kier molecular flexibility index (Phi) is 5.83. The second-order valence-electron chi connectivity index (χ2n) is 8.12. The zero-order valence-corrected chi connectivity index (χ0v) is 18.9. The summed E-state index contributed by atoms with van der Waals surface area (Å²) in [5.41, 5.74) is 21.1. The number of aromatic nitrogens is 3. The van der Waals surface area contributed by atoms with Crippen LogP contribution in [0.3, 0.4) is 0 Å². The zero-order chi connectivity index (χ0) is 21.5. The van der Waals surface area contributed by atoms with E-state index in [0.717, 1.165) is 48.8 Å². The summed E-state index contributed by atoms with van der Waals surface area (Å²) in [6.45, 7) is 5.90. The fourth-order valence-corrected chi connectivity index (χ4v) is 5.74. The Labute approximate surface area is 186 Å². The SMILES string of the molecule is C/C=C1\CCC2(CCN(c3nc(N)c(Sc4ccnc(N)c4Cl)nc3C)CC2)[C@@H]1N. The summed E-state index contributed by atoms with van der Waals surface area (Å²) in [6.07, 6.45) is 8.24. The van der Waals surface area contributed by atoms with E-state index in [-0.39, 0.29) is 17.3 Å². The normalized spacial score (nSPS) is 22.2. The van der Waals surface area contributed by atoms with Crippen LogP contribution in [0.15, 0.2) is 33.8 Å². The molecule has 0 unspecified atom stereocenters. The summed E-state index contributed by atoms with van der Waals surface area (Å²) in [4.78, 5) is 16.5. The van der Waals surface area contributed by atoms with Gasteiger partial charge in [0.2, 0.25) is 0 Å². The first-order valence-corrected chi connectivity index (χ1v) is 11.4. The number of nitrogen functional groups attached to an aromatic ring is 2. The number of pyridine rings is 1. The predicted octanol–water partition coefficient (Wildman–Crippen LogP) is 3.80. The van der Waals surface area contributed by atoms with Gasteiger partial charge in [-0.25, -0.2) is 15.0 Å². The highest BCUT2D eigenvalue weighted by molar-refractivity contribution is 7.99. The molecule has 0 bridgehead atoms. The second kappa shape index (κ2) is 8.24. The monoisotopic (exact) mass is 445 g/mol. The number of hydrogen-bond donors (Lipinski definition) is 3. The van der Waals surface area contributed by atoms with Crippen molar-refractivity contribution in [2.75, 3.05) is 29.5 Å². The highest BCUT2D eigenvalue weighted by Crippen LogP contribution is 2.48. The molecule has 6 N–H and O–H groups in total. The molecule has 2 aromatic heterocycles. The number of piperidine rings is 1. The maximum Gasteiger partial charge on any atom is 0.158 e. The molecule has 1 aliphatic heterocycles. The van der Waals surface area contributed by atoms with E-state index in [0.29, 0.717) is 15.9 Å². The highest BCUT2D eigenvalue weighted by atomic mass is 35.5. The Balaban J connectivity index is 1.51. The first kappa shape index (κ1) is 21.2. The lowest BCUT2D eigenvalue weighted by Crippen LogP contribution is -2.47. The van der Waals surface area contributed by atoms with Crippen LogP contribution in [0, 0.1) is 12.3 Å². The van der Waals surface area contributed by atoms with Gasteiger partial charge in [-0.2, -0.15) is 0 Å². The minimum Gasteiger partial charge on any atom is -0.382 e. The van der Waals surface area contributed by atoms with Crippen molar-refractivity contribution in [1.29, 1.82) is 0 Å². The Bertz CT molecular complexity index is 986. The van der Waals surface area contributed by atoms with Crippen LogP contribution in [0.5, 0.6) is 0 Å². The van der Waals surface area contributed by atoms with E-state index in [4.69, 9.17) is 38.8 Å². The average Bonchev–Trinajstić information content (AvgIpc) is 3.04. The van der Waals surface area contributed by atoms with Crippen LogP contribution in [0.1, 0.15) is 38.3 Å². The first-order valence-electron chi connectivity index (χ1n) is 10.2. The van der Waals surface area contributed by atoms with Crippen molar-refractivity contribution in [1.82, 2.24) is 15.0 Å². The number of allylic oxidation sites excluding steroid dienone is 1. The van der Waals surface area contributed by atoms with Crippen LogP contribution < -0.4 is 22.1 Å². The highest BCUT2D eigenvalue weighted by Gasteiger charge is 2.45. The van der Waals surface area contributed by atoms with E-state index in [9.17, 15) is 0 Å². The van der Waals surface area contributed by atoms with Crippen LogP contribution in [0.2, 0.25) is 5.02 Å². The summed E-state index contributed by atoms with van der Waals surface area (Å²) in [5.74, 6) is 1.53. The smallest absolute Gasteiger partial charge is 0.158 e. The van der Waals surface area contributed by atoms with Gasteiger partial charge in [-0.1, -0.05) is 35.0 Å². The summed E-state index contributed by atoms with van der Waals surface area (Å²) < 4.78 is 0. The molecule has 0 aromatic carbocycles. The molecule has 1 saturated carbocycles. The molecule has 0 radical (unpaired) electrons. The molecule has 9 heteroatoms. The maximum atomic E-state index is 6.59. The number of anilines is 3. The van der Waals surface area contributed by atoms with Crippen molar-refractivity contribution >= 4 is 40.8 Å². The molecule has 7 nitrogen and oxygen atoms in total. The third-order valence-electron chi connectivity index (χ3n) is 6.53. The average molecular weight is 446 g/mol. The number of hydrogen-bond acceptors (Lipinski definition) is 8. The van der Waals surface area contributed by atoms with Crippen LogP contribution in [0.4, 0.5) is 17.5 Å². The standard InChI is InChI=1S/C21H28ClN7S/c1-3-13-4-6-21(16(13)23)7-10-29(11-8-21)19-12(2)27-20(18(25)28-19)30-14-5-9-26-17(24)15(14)22/h3,5,9,16H,4,6-8,10-11,23H2,1-2H3,(H2,24,26)(H2,25,28)/b13-3+/t16-/m1/s1. The van der Waals surface area contributed by atoms with Crippen molar-refractivity contribution in [2.45, 2.75) is 55.5 Å². The fraction of sp³-hybridized carbons (Fsp3) is 0.476. The molecular weight excluding hydrogens is 418 g/mol. The van der Waals surface area contributed by atoms with Crippen molar-refractivity contribution < 1.29 is 0 Å². The summed E-state index contributed by atoms with van der Waals surface area (Å²) in [7, 11) is 0. The molecule has 2 aliphatic rings. The summed E-state index contributed by atoms with van der Waals surface area (Å²) >= 11 is 7.61. The molecule has 160 valence electrons. The van der Waals surface area contributed by atoms with E-state index in [2.05, 4.69) is 22.9 Å². The quantitative estimate of drug-likeness (QED) is 0.610. The Morgan fingerprint density at radius 2 is 1.93 bits per heavy atom. The molecule has 1 atom stereocenters. The molecule has 0 amide bonds. The predicted molar refractivity (Wildman–Crippen MR) is 124 cm³/mol. The molecule has 1 aliphatic carbocycles. The van der Waals surface area contributed by atoms with Gasteiger partial charge in [-0.05, 0) is 51.0 Å². The second-order valence-corrected chi connectivity index (χ2v) is 9.53. The molecule has 2 fully saturated rings. The largest absolute Gasteiger partial charge is 0.382 e. The van der Waals surface area contributed by atoms with Gasteiger partial charge in [-0.3, -0.25) is 0 Å². The maximum absolute atomic E-state index is 6.59. The van der Waals surface area contributed by atoms with Crippen LogP contribution >= 0.6 is 23.4 Å². The third kappa shape index (κ3) is 3.72. The van der Waals surface area contributed by atoms with Gasteiger partial charge < -0.3 is 22.1 Å². The number of halogens is 1. The van der Waals surface area contributed by atoms with Crippen LogP contribution in [-0.4, -0.2) is 34.1 Å². The molecular formula is C21H28ClN7S. The fourth-order valence-electron chi connectivity index (χ4n) is 4.65. The minimum atomic E-state index is 0.179. The zero-order valence-electron chi connectivity index (χ0n) is 17.4. The molecule has 2 aromatic rings. The molecule has 1 spiro atoms. The van der Waals surface area contributed by atoms with Crippen molar-refractivity contribution in [3.63, 3.8) is 0 Å². The van der Waals surface area contributed by atoms with E-state index in [1.807, 2.05) is 6.92 Å². The van der Waals surface area contributed by atoms with E-state index in [1.54, 1.807) is 12.3 Å². The third-order valence-corrected chi connectivity index (χ3v) is 8.09. The number of nitrogens with two attached hydrogens (primary N) is 3. The van der Waals surface area contributed by atoms with Gasteiger partial charge in [0.15, 0.2) is 11.6 Å². The number of rotatable bonds is 3. The van der Waals surface area contributed by atoms with Crippen molar-refractivity contribution in [3.8, 4) is 0 Å². The van der Waals surface area contributed by atoms with Crippen molar-refractivity contribution in [2.24, 2.45) is 11.1 Å². The Morgan fingerprint density at radius 3 is 2.60 bits per heavy atom. The summed E-state index contributed by atoms with van der Waals surface area (Å²) in [6, 6.07) is 1.97. The summed E-state index contributed by atoms with van der Waals surface area (Å²) in [5, 5.41) is 1.02. The van der Waals surface area contributed by atoms with Gasteiger partial charge >= 0.3 is 0 Å². The van der Waals surface area contributed by atoms with E-state index in [1.165, 1.54) is 23.8 Å². The minimum absolute atomic E-state index is 0.179. The van der Waals surface area contributed by atoms with Gasteiger partial charge in [-0.15, -0.1) is 0 Å². The number of aryl methyl sites for hydroxylation is 1. The first-order chi connectivity index (χ1) is 14.3. The Hall–Kier alpha value is -2.03. The van der Waals surface area contributed by atoms with E-state index < -0.39 is 0 Å². The van der Waals surface area contributed by atoms with Crippen LogP contribution in [0.25, 0.3) is 0 Å². The molecule has 4 rings (SSSR count). The lowest BCUT2D eigenvalue weighted by molar-refractivity contribution is 0.205. The van der Waals surface area contributed by atoms with Gasteiger partial charge in [0.25, 0.3) is 0 Å². The van der Waals surface area contributed by atoms with Crippen molar-refractivity contribution in [3.05, 3.63) is 34.6 Å². The molecule has 3 heterocycles. The van der Waals surface area contributed by atoms with Gasteiger partial charge in [0.1, 0.15) is 10.8 Å².